The van der Waals surface area contributed by atoms with Gasteiger partial charge >= 0.3 is 5.97 Å². The molecule has 1 atom stereocenters. The van der Waals surface area contributed by atoms with Crippen LogP contribution in [0.15, 0.2) is 48.5 Å². The van der Waals surface area contributed by atoms with Gasteiger partial charge in [0.05, 0.1) is 25.1 Å². The van der Waals surface area contributed by atoms with Crippen LogP contribution < -0.4 is 4.74 Å². The van der Waals surface area contributed by atoms with E-state index in [9.17, 15) is 9.59 Å². The van der Waals surface area contributed by atoms with Crippen LogP contribution in [0.3, 0.4) is 0 Å². The molecule has 5 heteroatoms. The first kappa shape index (κ1) is 17.6. The Balaban J connectivity index is 1.49. The minimum absolute atomic E-state index is 0.0543. The summed E-state index contributed by atoms with van der Waals surface area (Å²) in [7, 11) is 0. The first-order chi connectivity index (χ1) is 13.1. The number of ether oxygens (including phenoxy) is 2. The zero-order valence-corrected chi connectivity index (χ0v) is 15.4. The van der Waals surface area contributed by atoms with Gasteiger partial charge in [-0.15, -0.1) is 0 Å². The van der Waals surface area contributed by atoms with Crippen LogP contribution in [-0.2, 0) is 21.6 Å². The molecule has 5 nitrogen and oxygen atoms in total. The first-order valence-corrected chi connectivity index (χ1v) is 9.44. The molecular weight excluding hydrogens is 342 g/mol. The van der Waals surface area contributed by atoms with Gasteiger partial charge in [0.25, 0.3) is 0 Å². The van der Waals surface area contributed by atoms with Gasteiger partial charge in [-0.05, 0) is 43.5 Å². The zero-order valence-electron chi connectivity index (χ0n) is 15.4. The van der Waals surface area contributed by atoms with E-state index in [2.05, 4.69) is 0 Å². The van der Waals surface area contributed by atoms with Crippen LogP contribution in [0.2, 0.25) is 0 Å². The molecule has 1 spiro atoms. The topological polar surface area (TPSA) is 55.8 Å². The Morgan fingerprint density at radius 2 is 1.96 bits per heavy atom. The molecule has 140 valence electrons. The van der Waals surface area contributed by atoms with E-state index in [4.69, 9.17) is 9.47 Å². The van der Waals surface area contributed by atoms with E-state index in [1.54, 1.807) is 6.07 Å². The molecule has 0 aromatic heterocycles. The van der Waals surface area contributed by atoms with Gasteiger partial charge in [0.2, 0.25) is 5.91 Å². The van der Waals surface area contributed by atoms with Crippen molar-refractivity contribution in [2.75, 3.05) is 19.7 Å². The second-order valence-electron chi connectivity index (χ2n) is 7.10. The maximum atomic E-state index is 12.9. The lowest BCUT2D eigenvalue weighted by Crippen LogP contribution is -2.49. The molecule has 1 saturated heterocycles. The third-order valence-electron chi connectivity index (χ3n) is 5.32. The largest absolute Gasteiger partial charge is 0.494 e. The van der Waals surface area contributed by atoms with Crippen LogP contribution in [0, 0.1) is 0 Å². The van der Waals surface area contributed by atoms with Crippen LogP contribution >= 0.6 is 0 Å². The summed E-state index contributed by atoms with van der Waals surface area (Å²) in [4.78, 5) is 26.9. The number of carbonyl (C=O) groups excluding carboxylic acids is 2. The quantitative estimate of drug-likeness (QED) is 0.780. The van der Waals surface area contributed by atoms with Crippen LogP contribution in [0.1, 0.15) is 41.3 Å². The summed E-state index contributed by atoms with van der Waals surface area (Å²) >= 11 is 0. The third kappa shape index (κ3) is 3.29. The predicted octanol–water partition coefficient (Wildman–Crippen LogP) is 3.32. The second kappa shape index (κ2) is 7.06. The summed E-state index contributed by atoms with van der Waals surface area (Å²) in [6, 6.07) is 15.1. The number of amides is 1. The van der Waals surface area contributed by atoms with Crippen molar-refractivity contribution in [2.45, 2.75) is 31.8 Å². The minimum Gasteiger partial charge on any atom is -0.494 e. The molecule has 0 bridgehead atoms. The molecular formula is C22H23NO4. The standard InChI is InChI=1S/C22H23NO4/c1-2-26-17-10-8-16(9-11-17)14-20(24)23-13-5-12-22(15-23)19-7-4-3-6-18(19)21(25)27-22/h3-4,6-11H,2,5,12-15H2,1H3. The molecule has 0 saturated carbocycles. The van der Waals surface area contributed by atoms with Gasteiger partial charge < -0.3 is 14.4 Å². The fourth-order valence-corrected chi connectivity index (χ4v) is 4.04. The van der Waals surface area contributed by atoms with Crippen LogP contribution in [0.5, 0.6) is 5.75 Å². The van der Waals surface area contributed by atoms with Crippen LogP contribution in [0.4, 0.5) is 0 Å². The van der Waals surface area contributed by atoms with E-state index in [1.165, 1.54) is 0 Å². The molecule has 2 aromatic carbocycles. The first-order valence-electron chi connectivity index (χ1n) is 9.44. The summed E-state index contributed by atoms with van der Waals surface area (Å²) < 4.78 is 11.2. The highest BCUT2D eigenvalue weighted by Gasteiger charge is 2.48. The van der Waals surface area contributed by atoms with E-state index in [0.717, 1.165) is 29.7 Å². The maximum Gasteiger partial charge on any atom is 0.339 e. The highest BCUT2D eigenvalue weighted by atomic mass is 16.6. The highest BCUT2D eigenvalue weighted by molar-refractivity contribution is 5.95. The number of carbonyl (C=O) groups is 2. The van der Waals surface area contributed by atoms with E-state index < -0.39 is 5.60 Å². The molecule has 2 aromatic rings. The molecule has 2 heterocycles. The van der Waals surface area contributed by atoms with E-state index >= 15 is 0 Å². The summed E-state index contributed by atoms with van der Waals surface area (Å²) in [6.07, 6.45) is 1.90. The molecule has 0 N–H and O–H groups in total. The maximum absolute atomic E-state index is 12.9. The minimum atomic E-state index is -0.694. The molecule has 27 heavy (non-hydrogen) atoms. The van der Waals surface area contributed by atoms with E-state index in [0.29, 0.717) is 31.7 Å². The number of piperidine rings is 1. The van der Waals surface area contributed by atoms with Crippen molar-refractivity contribution < 1.29 is 19.1 Å². The SMILES string of the molecule is CCOc1ccc(CC(=O)N2CCCC3(C2)OC(=O)c2ccccc23)cc1. The Bertz CT molecular complexity index is 861. The summed E-state index contributed by atoms with van der Waals surface area (Å²) in [5.74, 6) is 0.574. The second-order valence-corrected chi connectivity index (χ2v) is 7.10. The Morgan fingerprint density at radius 3 is 2.74 bits per heavy atom. The van der Waals surface area contributed by atoms with Gasteiger partial charge in [0.1, 0.15) is 5.75 Å². The van der Waals surface area contributed by atoms with Crippen molar-refractivity contribution in [2.24, 2.45) is 0 Å². The van der Waals surface area contributed by atoms with Gasteiger partial charge in [-0.2, -0.15) is 0 Å². The van der Waals surface area contributed by atoms with Crippen molar-refractivity contribution in [1.82, 2.24) is 4.90 Å². The van der Waals surface area contributed by atoms with Gasteiger partial charge in [0, 0.05) is 12.1 Å². The number of rotatable bonds is 4. The predicted molar refractivity (Wildman–Crippen MR) is 101 cm³/mol. The van der Waals surface area contributed by atoms with Gasteiger partial charge in [-0.25, -0.2) is 4.79 Å². The molecule has 2 aliphatic rings. The van der Waals surface area contributed by atoms with Crippen molar-refractivity contribution >= 4 is 11.9 Å². The third-order valence-corrected chi connectivity index (χ3v) is 5.32. The van der Waals surface area contributed by atoms with Gasteiger partial charge in [0.15, 0.2) is 5.60 Å². The average Bonchev–Trinajstić information content (AvgIpc) is 2.95. The summed E-state index contributed by atoms with van der Waals surface area (Å²) in [5.41, 5.74) is 1.79. The fraction of sp³-hybridized carbons (Fsp3) is 0.364. The lowest BCUT2D eigenvalue weighted by Gasteiger charge is -2.39. The fourth-order valence-electron chi connectivity index (χ4n) is 4.04. The molecule has 1 unspecified atom stereocenters. The number of benzene rings is 2. The Labute approximate surface area is 158 Å². The van der Waals surface area contributed by atoms with Gasteiger partial charge in [-0.3, -0.25) is 4.79 Å². The average molecular weight is 365 g/mol. The number of nitrogens with zero attached hydrogens (tertiary/aromatic N) is 1. The molecule has 1 amide bonds. The van der Waals surface area contributed by atoms with Gasteiger partial charge in [-0.1, -0.05) is 30.3 Å². The lowest BCUT2D eigenvalue weighted by atomic mass is 9.85. The van der Waals surface area contributed by atoms with E-state index in [-0.39, 0.29) is 11.9 Å². The Hall–Kier alpha value is -2.82. The molecule has 0 aliphatic carbocycles. The van der Waals surface area contributed by atoms with Crippen molar-refractivity contribution in [3.8, 4) is 5.75 Å². The number of hydrogen-bond acceptors (Lipinski definition) is 4. The molecule has 4 rings (SSSR count). The van der Waals surface area contributed by atoms with Crippen LogP contribution in [-0.4, -0.2) is 36.5 Å². The Kier molecular flexibility index (Phi) is 4.60. The number of esters is 1. The lowest BCUT2D eigenvalue weighted by molar-refractivity contribution is -0.138. The van der Waals surface area contributed by atoms with Crippen molar-refractivity contribution in [1.29, 1.82) is 0 Å². The van der Waals surface area contributed by atoms with Crippen molar-refractivity contribution in [3.05, 3.63) is 65.2 Å². The Morgan fingerprint density at radius 1 is 1.19 bits per heavy atom. The highest BCUT2D eigenvalue weighted by Crippen LogP contribution is 2.42. The number of likely N-dealkylation sites (tertiary alicyclic amines) is 1. The number of hydrogen-bond donors (Lipinski definition) is 0. The molecule has 0 radical (unpaired) electrons. The van der Waals surface area contributed by atoms with Crippen molar-refractivity contribution in [3.63, 3.8) is 0 Å². The smallest absolute Gasteiger partial charge is 0.339 e. The number of fused-ring (bicyclic) bond motifs is 2. The summed E-state index contributed by atoms with van der Waals surface area (Å²) in [6.45, 7) is 3.68. The molecule has 2 aliphatic heterocycles. The monoisotopic (exact) mass is 365 g/mol. The molecule has 1 fully saturated rings. The van der Waals surface area contributed by atoms with Crippen LogP contribution in [0.25, 0.3) is 0 Å². The normalized spacial score (nSPS) is 21.1. The summed E-state index contributed by atoms with van der Waals surface area (Å²) in [5, 5.41) is 0. The van der Waals surface area contributed by atoms with E-state index in [1.807, 2.05) is 54.3 Å². The zero-order chi connectivity index (χ0) is 18.9.